The first-order valence-electron chi connectivity index (χ1n) is 4.86. The lowest BCUT2D eigenvalue weighted by Gasteiger charge is -2.11. The topological polar surface area (TPSA) is 35.2 Å². The fraction of sp³-hybridized carbons (Fsp3) is 0.455. The molecule has 1 aromatic carbocycles. The number of hydrogen-bond acceptors (Lipinski definition) is 2. The average Bonchev–Trinajstić information content (AvgIpc) is 2.17. The molecule has 1 rings (SSSR count). The zero-order valence-electron chi connectivity index (χ0n) is 8.37. The molecule has 0 spiro atoms. The van der Waals surface area contributed by atoms with E-state index in [1.807, 2.05) is 0 Å². The third kappa shape index (κ3) is 3.75. The van der Waals surface area contributed by atoms with Gasteiger partial charge >= 0.3 is 0 Å². The van der Waals surface area contributed by atoms with E-state index in [9.17, 15) is 4.39 Å². The molecular weight excluding hydrogens is 181 g/mol. The lowest BCUT2D eigenvalue weighted by Crippen LogP contribution is -2.27. The Hall–Kier alpha value is -1.09. The monoisotopic (exact) mass is 197 g/mol. The summed E-state index contributed by atoms with van der Waals surface area (Å²) in [4.78, 5) is 0. The van der Waals surface area contributed by atoms with Crippen molar-refractivity contribution in [2.45, 2.75) is 25.8 Å². The summed E-state index contributed by atoms with van der Waals surface area (Å²) in [6, 6.07) is 6.02. The first-order chi connectivity index (χ1) is 6.72. The summed E-state index contributed by atoms with van der Waals surface area (Å²) in [6.07, 6.45) is 2.00. The van der Waals surface area contributed by atoms with Crippen LogP contribution in [-0.2, 0) is 0 Å². The van der Waals surface area contributed by atoms with E-state index >= 15 is 0 Å². The number of hydrogen-bond donors (Lipinski definition) is 1. The van der Waals surface area contributed by atoms with Gasteiger partial charge in [-0.2, -0.15) is 0 Å². The van der Waals surface area contributed by atoms with Crippen LogP contribution in [-0.4, -0.2) is 12.6 Å². The van der Waals surface area contributed by atoms with Gasteiger partial charge in [0.25, 0.3) is 0 Å². The van der Waals surface area contributed by atoms with Crippen molar-refractivity contribution in [3.63, 3.8) is 0 Å². The molecule has 0 aliphatic carbocycles. The maximum absolute atomic E-state index is 12.5. The van der Waals surface area contributed by atoms with E-state index in [1.165, 1.54) is 12.1 Å². The summed E-state index contributed by atoms with van der Waals surface area (Å²) >= 11 is 0. The second-order valence-electron chi connectivity index (χ2n) is 3.31. The van der Waals surface area contributed by atoms with Crippen molar-refractivity contribution in [3.05, 3.63) is 30.1 Å². The van der Waals surface area contributed by atoms with Crippen LogP contribution in [0, 0.1) is 5.82 Å². The Kier molecular flexibility index (Phi) is 4.40. The van der Waals surface area contributed by atoms with Crippen LogP contribution in [0.2, 0.25) is 0 Å². The molecule has 0 aliphatic heterocycles. The van der Waals surface area contributed by atoms with Crippen molar-refractivity contribution in [1.29, 1.82) is 0 Å². The van der Waals surface area contributed by atoms with Gasteiger partial charge in [0.05, 0.1) is 0 Å². The third-order valence-corrected chi connectivity index (χ3v) is 1.94. The van der Waals surface area contributed by atoms with Crippen LogP contribution in [0.5, 0.6) is 5.75 Å². The van der Waals surface area contributed by atoms with Crippen molar-refractivity contribution in [1.82, 2.24) is 0 Å². The van der Waals surface area contributed by atoms with Crippen LogP contribution in [0.4, 0.5) is 4.39 Å². The summed E-state index contributed by atoms with van der Waals surface area (Å²) in [7, 11) is 0. The van der Waals surface area contributed by atoms with E-state index in [4.69, 9.17) is 10.5 Å². The molecule has 0 heterocycles. The van der Waals surface area contributed by atoms with Gasteiger partial charge in [0.15, 0.2) is 0 Å². The standard InChI is InChI=1S/C11H16FNO/c1-2-3-10(13)8-14-11-6-4-9(12)5-7-11/h4-7,10H,2-3,8,13H2,1H3. The molecule has 2 N–H and O–H groups in total. The van der Waals surface area contributed by atoms with Crippen LogP contribution in [0.1, 0.15) is 19.8 Å². The lowest BCUT2D eigenvalue weighted by molar-refractivity contribution is 0.281. The van der Waals surface area contributed by atoms with Gasteiger partial charge in [0, 0.05) is 6.04 Å². The Morgan fingerprint density at radius 3 is 2.57 bits per heavy atom. The number of ether oxygens (including phenoxy) is 1. The van der Waals surface area contributed by atoms with Crippen LogP contribution < -0.4 is 10.5 Å². The fourth-order valence-electron chi connectivity index (χ4n) is 1.19. The molecule has 0 fully saturated rings. The molecule has 0 bridgehead atoms. The minimum absolute atomic E-state index is 0.0602. The molecule has 78 valence electrons. The molecule has 0 saturated carbocycles. The van der Waals surface area contributed by atoms with Crippen molar-refractivity contribution < 1.29 is 9.13 Å². The van der Waals surface area contributed by atoms with Crippen LogP contribution >= 0.6 is 0 Å². The SMILES string of the molecule is CCCC(N)COc1ccc(F)cc1. The summed E-state index contributed by atoms with van der Waals surface area (Å²) < 4.78 is 17.9. The van der Waals surface area contributed by atoms with E-state index in [-0.39, 0.29) is 11.9 Å². The van der Waals surface area contributed by atoms with Gasteiger partial charge < -0.3 is 10.5 Å². The molecule has 0 saturated heterocycles. The minimum atomic E-state index is -0.254. The highest BCUT2D eigenvalue weighted by atomic mass is 19.1. The van der Waals surface area contributed by atoms with Crippen molar-refractivity contribution in [3.8, 4) is 5.75 Å². The number of halogens is 1. The Morgan fingerprint density at radius 1 is 1.36 bits per heavy atom. The number of nitrogens with two attached hydrogens (primary N) is 1. The third-order valence-electron chi connectivity index (χ3n) is 1.94. The van der Waals surface area contributed by atoms with Gasteiger partial charge in [0.2, 0.25) is 0 Å². The fourth-order valence-corrected chi connectivity index (χ4v) is 1.19. The molecule has 0 aliphatic rings. The normalized spacial score (nSPS) is 12.5. The Morgan fingerprint density at radius 2 is 2.00 bits per heavy atom. The largest absolute Gasteiger partial charge is 0.492 e. The van der Waals surface area contributed by atoms with Crippen LogP contribution in [0.15, 0.2) is 24.3 Å². The average molecular weight is 197 g/mol. The molecule has 14 heavy (non-hydrogen) atoms. The maximum atomic E-state index is 12.5. The molecule has 0 radical (unpaired) electrons. The summed E-state index contributed by atoms with van der Waals surface area (Å²) in [6.45, 7) is 2.57. The molecular formula is C11H16FNO. The highest BCUT2D eigenvalue weighted by molar-refractivity contribution is 5.22. The first-order valence-corrected chi connectivity index (χ1v) is 4.86. The Labute approximate surface area is 83.9 Å². The van der Waals surface area contributed by atoms with Gasteiger partial charge in [-0.3, -0.25) is 0 Å². The second kappa shape index (κ2) is 5.60. The Balaban J connectivity index is 2.34. The maximum Gasteiger partial charge on any atom is 0.123 e. The van der Waals surface area contributed by atoms with E-state index in [0.717, 1.165) is 12.8 Å². The van der Waals surface area contributed by atoms with Crippen LogP contribution in [0.25, 0.3) is 0 Å². The summed E-state index contributed by atoms with van der Waals surface area (Å²) in [5.41, 5.74) is 5.76. The lowest BCUT2D eigenvalue weighted by atomic mass is 10.2. The molecule has 3 heteroatoms. The quantitative estimate of drug-likeness (QED) is 0.786. The zero-order valence-corrected chi connectivity index (χ0v) is 8.37. The predicted octanol–water partition coefficient (Wildman–Crippen LogP) is 2.33. The van der Waals surface area contributed by atoms with E-state index in [2.05, 4.69) is 6.92 Å². The minimum Gasteiger partial charge on any atom is -0.492 e. The molecule has 1 atom stereocenters. The van der Waals surface area contributed by atoms with Crippen molar-refractivity contribution in [2.75, 3.05) is 6.61 Å². The highest BCUT2D eigenvalue weighted by Crippen LogP contribution is 2.11. The molecule has 2 nitrogen and oxygen atoms in total. The van der Waals surface area contributed by atoms with E-state index < -0.39 is 0 Å². The van der Waals surface area contributed by atoms with Gasteiger partial charge in [0.1, 0.15) is 18.2 Å². The van der Waals surface area contributed by atoms with Gasteiger partial charge in [-0.25, -0.2) is 4.39 Å². The first kappa shape index (κ1) is 11.0. The zero-order chi connectivity index (χ0) is 10.4. The smallest absolute Gasteiger partial charge is 0.123 e. The second-order valence-corrected chi connectivity index (χ2v) is 3.31. The van der Waals surface area contributed by atoms with E-state index in [1.54, 1.807) is 12.1 Å². The molecule has 0 amide bonds. The molecule has 1 unspecified atom stereocenters. The van der Waals surface area contributed by atoms with Gasteiger partial charge in [-0.1, -0.05) is 13.3 Å². The van der Waals surface area contributed by atoms with E-state index in [0.29, 0.717) is 12.4 Å². The predicted molar refractivity (Wildman–Crippen MR) is 54.8 cm³/mol. The Bertz CT molecular complexity index is 260. The van der Waals surface area contributed by atoms with Crippen molar-refractivity contribution >= 4 is 0 Å². The van der Waals surface area contributed by atoms with Gasteiger partial charge in [-0.05, 0) is 30.7 Å². The molecule has 0 aromatic heterocycles. The molecule has 1 aromatic rings. The number of rotatable bonds is 5. The number of benzene rings is 1. The summed E-state index contributed by atoms with van der Waals surface area (Å²) in [5.74, 6) is 0.410. The van der Waals surface area contributed by atoms with Crippen LogP contribution in [0.3, 0.4) is 0 Å². The van der Waals surface area contributed by atoms with Crippen molar-refractivity contribution in [2.24, 2.45) is 5.73 Å². The highest BCUT2D eigenvalue weighted by Gasteiger charge is 2.01. The summed E-state index contributed by atoms with van der Waals surface area (Å²) in [5, 5.41) is 0. The van der Waals surface area contributed by atoms with Gasteiger partial charge in [-0.15, -0.1) is 0 Å².